The summed E-state index contributed by atoms with van der Waals surface area (Å²) in [6.45, 7) is 13.9. The highest BCUT2D eigenvalue weighted by Crippen LogP contribution is 2.30. The Kier molecular flexibility index (Phi) is 14.1. The minimum absolute atomic E-state index is 0.197. The number of hydrogen-bond acceptors (Lipinski definition) is 14. The number of anilines is 6. The molecule has 8 aromatic rings. The summed E-state index contributed by atoms with van der Waals surface area (Å²) >= 11 is 4.36. The first-order chi connectivity index (χ1) is 31.4. The second-order valence-corrected chi connectivity index (χ2v) is 19.6. The number of urea groups is 2. The Bertz CT molecular complexity index is 2940. The van der Waals surface area contributed by atoms with E-state index < -0.39 is 12.1 Å². The highest BCUT2D eigenvalue weighted by atomic mass is 32.1. The molecule has 0 saturated heterocycles. The van der Waals surface area contributed by atoms with Gasteiger partial charge in [-0.25, -0.2) is 19.6 Å². The molecular formula is C46H45N11O6S3. The summed E-state index contributed by atoms with van der Waals surface area (Å²) in [6, 6.07) is 23.5. The van der Waals surface area contributed by atoms with Crippen LogP contribution in [0.25, 0.3) is 21.1 Å². The van der Waals surface area contributed by atoms with Crippen molar-refractivity contribution in [1.82, 2.24) is 25.3 Å². The summed E-state index contributed by atoms with van der Waals surface area (Å²) in [7, 11) is 0. The van der Waals surface area contributed by atoms with Gasteiger partial charge >= 0.3 is 12.1 Å². The molecule has 8 rings (SSSR count). The molecule has 6 aromatic heterocycles. The lowest BCUT2D eigenvalue weighted by atomic mass is 9.93. The van der Waals surface area contributed by atoms with E-state index in [1.165, 1.54) is 22.7 Å². The molecular weight excluding hydrogens is 899 g/mol. The molecule has 17 nitrogen and oxygen atoms in total. The van der Waals surface area contributed by atoms with Gasteiger partial charge in [-0.15, -0.1) is 34.0 Å². The summed E-state index contributed by atoms with van der Waals surface area (Å²) in [5.74, 6) is 1.51. The molecule has 66 heavy (non-hydrogen) atoms. The van der Waals surface area contributed by atoms with Gasteiger partial charge in [0.15, 0.2) is 11.6 Å². The van der Waals surface area contributed by atoms with Crippen LogP contribution in [0.15, 0.2) is 117 Å². The van der Waals surface area contributed by atoms with E-state index in [1.807, 2.05) is 72.0 Å². The van der Waals surface area contributed by atoms with E-state index in [-0.39, 0.29) is 22.6 Å². The molecule has 0 spiro atoms. The van der Waals surface area contributed by atoms with Crippen LogP contribution >= 0.6 is 34.0 Å². The first kappa shape index (κ1) is 46.4. The Hall–Kier alpha value is -7.55. The van der Waals surface area contributed by atoms with Crippen molar-refractivity contribution in [3.8, 4) is 21.1 Å². The number of carbonyl (C=O) groups excluding carboxylic acids is 4. The fraction of sp³-hybridized carbons (Fsp3) is 0.196. The Balaban J connectivity index is 0.000000196. The predicted molar refractivity (Wildman–Crippen MR) is 260 cm³/mol. The maximum Gasteiger partial charge on any atom is 0.324 e. The standard InChI is InChI=1S/C23H22N6O3S.C23H23N5O3S2/c1-23(2,3)18-12-19(29-32-18)28-22(31)26-16-6-4-15(5-7-16)25-20(30)17-13-33-21(27-17)14-8-10-24-11-9-14;1-13-24-16(12-32-13)17-9-10-18(33-17)21(29)25-14-5-7-15(8-6-14)26-22(30)27-20-11-19(31-28-20)23(2,3)4/h4-13H,1-3H3,(H,25,30)(H2,26,28,29,31);5-12H,1-4H3,(H,25,29)(H2,26,27,28,30). The van der Waals surface area contributed by atoms with E-state index in [0.717, 1.165) is 26.1 Å². The molecule has 0 atom stereocenters. The molecule has 0 aliphatic rings. The van der Waals surface area contributed by atoms with Gasteiger partial charge in [-0.1, -0.05) is 51.9 Å². The third-order valence-electron chi connectivity index (χ3n) is 9.15. The van der Waals surface area contributed by atoms with Crippen molar-refractivity contribution < 1.29 is 28.2 Å². The van der Waals surface area contributed by atoms with E-state index in [9.17, 15) is 19.2 Å². The van der Waals surface area contributed by atoms with Gasteiger partial charge < -0.3 is 30.3 Å². The lowest BCUT2D eigenvalue weighted by molar-refractivity contribution is 0.101. The molecule has 0 saturated carbocycles. The van der Waals surface area contributed by atoms with Crippen molar-refractivity contribution in [3.63, 3.8) is 0 Å². The van der Waals surface area contributed by atoms with Crippen LogP contribution in [0.4, 0.5) is 44.0 Å². The Morgan fingerprint density at radius 1 is 0.561 bits per heavy atom. The van der Waals surface area contributed by atoms with Crippen LogP contribution in [-0.4, -0.2) is 49.1 Å². The van der Waals surface area contributed by atoms with Gasteiger partial charge in [-0.2, -0.15) is 0 Å². The van der Waals surface area contributed by atoms with Gasteiger partial charge in [0, 0.05) is 74.4 Å². The van der Waals surface area contributed by atoms with Crippen molar-refractivity contribution in [2.75, 3.05) is 31.9 Å². The van der Waals surface area contributed by atoms with Gasteiger partial charge in [0.25, 0.3) is 11.8 Å². The van der Waals surface area contributed by atoms with Crippen molar-refractivity contribution >= 4 is 92.3 Å². The van der Waals surface area contributed by atoms with Crippen LogP contribution in [-0.2, 0) is 10.8 Å². The summed E-state index contributed by atoms with van der Waals surface area (Å²) in [6.07, 6.45) is 3.36. The number of aryl methyl sites for hydroxylation is 1. The number of thiazole rings is 2. The fourth-order valence-electron chi connectivity index (χ4n) is 5.67. The molecule has 6 N–H and O–H groups in total. The zero-order valence-corrected chi connectivity index (χ0v) is 39.3. The summed E-state index contributed by atoms with van der Waals surface area (Å²) in [4.78, 5) is 64.0. The molecule has 0 aliphatic heterocycles. The van der Waals surface area contributed by atoms with Crippen LogP contribution < -0.4 is 31.9 Å². The topological polar surface area (TPSA) is 231 Å². The van der Waals surface area contributed by atoms with Gasteiger partial charge in [0.1, 0.15) is 22.2 Å². The highest BCUT2D eigenvalue weighted by Gasteiger charge is 2.22. The molecule has 6 amide bonds. The number of nitrogens with one attached hydrogen (secondary N) is 6. The fourth-order valence-corrected chi connectivity index (χ4v) is 8.03. The third-order valence-corrected chi connectivity index (χ3v) is 11.9. The quantitative estimate of drug-likeness (QED) is 0.0755. The number of hydrogen-bond donors (Lipinski definition) is 6. The highest BCUT2D eigenvalue weighted by molar-refractivity contribution is 7.18. The molecule has 0 bridgehead atoms. The van der Waals surface area contributed by atoms with Crippen molar-refractivity contribution in [1.29, 1.82) is 0 Å². The minimum Gasteiger partial charge on any atom is -0.359 e. The van der Waals surface area contributed by atoms with E-state index in [4.69, 9.17) is 9.05 Å². The van der Waals surface area contributed by atoms with Gasteiger partial charge in [-0.3, -0.25) is 25.2 Å². The SMILES string of the molecule is CC(C)(C)c1cc(NC(=O)Nc2ccc(NC(=O)c3csc(-c4ccncc4)n3)cc2)no1.Cc1nc(-c2ccc(C(=O)Nc3ccc(NC(=O)Nc4cc(C(C)(C)C)on4)cc3)s2)cs1. The zero-order chi connectivity index (χ0) is 47.0. The summed E-state index contributed by atoms with van der Waals surface area (Å²) in [5.41, 5.74) is 4.04. The number of benzene rings is 2. The monoisotopic (exact) mass is 943 g/mol. The third kappa shape index (κ3) is 12.6. The van der Waals surface area contributed by atoms with Crippen LogP contribution in [0.3, 0.4) is 0 Å². The normalized spacial score (nSPS) is 11.2. The van der Waals surface area contributed by atoms with Crippen molar-refractivity contribution in [3.05, 3.63) is 135 Å². The predicted octanol–water partition coefficient (Wildman–Crippen LogP) is 11.7. The molecule has 0 unspecified atom stereocenters. The molecule has 20 heteroatoms. The Morgan fingerprint density at radius 2 is 1.06 bits per heavy atom. The number of rotatable bonds is 10. The second kappa shape index (κ2) is 20.1. The van der Waals surface area contributed by atoms with Crippen LogP contribution in [0.5, 0.6) is 0 Å². The number of amides is 6. The Morgan fingerprint density at radius 3 is 1.53 bits per heavy atom. The van der Waals surface area contributed by atoms with Crippen LogP contribution in [0.1, 0.15) is 78.2 Å². The smallest absolute Gasteiger partial charge is 0.324 e. The second-order valence-electron chi connectivity index (χ2n) is 16.6. The number of aromatic nitrogens is 5. The van der Waals surface area contributed by atoms with E-state index in [2.05, 4.69) is 57.2 Å². The zero-order valence-electron chi connectivity index (χ0n) is 36.8. The van der Waals surface area contributed by atoms with E-state index in [0.29, 0.717) is 56.5 Å². The van der Waals surface area contributed by atoms with Gasteiger partial charge in [-0.05, 0) is 79.7 Å². The maximum atomic E-state index is 12.6. The molecule has 6 heterocycles. The molecule has 0 radical (unpaired) electrons. The number of thiophene rings is 1. The summed E-state index contributed by atoms with van der Waals surface area (Å²) < 4.78 is 10.5. The average molecular weight is 944 g/mol. The number of nitrogens with zero attached hydrogens (tertiary/aromatic N) is 5. The molecule has 0 aliphatic carbocycles. The summed E-state index contributed by atoms with van der Waals surface area (Å²) in [5, 5.41) is 29.5. The lowest BCUT2D eigenvalue weighted by Crippen LogP contribution is -2.19. The molecule has 2 aromatic carbocycles. The van der Waals surface area contributed by atoms with Crippen LogP contribution in [0, 0.1) is 6.92 Å². The van der Waals surface area contributed by atoms with Crippen molar-refractivity contribution in [2.45, 2.75) is 59.3 Å². The lowest BCUT2D eigenvalue weighted by Gasteiger charge is -2.12. The number of pyridine rings is 1. The largest absolute Gasteiger partial charge is 0.359 e. The van der Waals surface area contributed by atoms with Crippen molar-refractivity contribution in [2.24, 2.45) is 0 Å². The average Bonchev–Trinajstić information content (AvgIpc) is 4.13. The molecule has 0 fully saturated rings. The minimum atomic E-state index is -0.452. The van der Waals surface area contributed by atoms with E-state index in [1.54, 1.807) is 95.8 Å². The first-order valence-corrected chi connectivity index (χ1v) is 22.8. The van der Waals surface area contributed by atoms with Crippen LogP contribution in [0.2, 0.25) is 0 Å². The first-order valence-electron chi connectivity index (χ1n) is 20.3. The Labute approximate surface area is 391 Å². The van der Waals surface area contributed by atoms with E-state index >= 15 is 0 Å². The maximum absolute atomic E-state index is 12.6. The van der Waals surface area contributed by atoms with Gasteiger partial charge in [0.05, 0.1) is 20.5 Å². The molecule has 338 valence electrons. The van der Waals surface area contributed by atoms with Gasteiger partial charge in [0.2, 0.25) is 0 Å². The number of carbonyl (C=O) groups is 4.